The first kappa shape index (κ1) is 23.9. The van der Waals surface area contributed by atoms with Crippen LogP contribution in [-0.4, -0.2) is 38.9 Å². The van der Waals surface area contributed by atoms with Gasteiger partial charge in [0.2, 0.25) is 11.7 Å². The van der Waals surface area contributed by atoms with Crippen molar-refractivity contribution in [2.24, 2.45) is 0 Å². The quantitative estimate of drug-likeness (QED) is 0.369. The number of ether oxygens (including phenoxy) is 2. The maximum atomic E-state index is 13.4. The molecule has 2 heterocycles. The molecule has 0 saturated heterocycles. The number of aryl methyl sites for hydroxylation is 1. The Morgan fingerprint density at radius 1 is 0.946 bits per heavy atom. The van der Waals surface area contributed by atoms with Gasteiger partial charge in [-0.05, 0) is 24.6 Å². The summed E-state index contributed by atoms with van der Waals surface area (Å²) in [6.45, 7) is 1.85. The van der Waals surface area contributed by atoms with Crippen LogP contribution in [0.3, 0.4) is 0 Å². The summed E-state index contributed by atoms with van der Waals surface area (Å²) in [6.07, 6.45) is 0. The molecule has 0 radical (unpaired) electrons. The van der Waals surface area contributed by atoms with Crippen LogP contribution < -0.4 is 26.0 Å². The van der Waals surface area contributed by atoms with Crippen LogP contribution in [0.2, 0.25) is 0 Å². The topological polar surface area (TPSA) is 109 Å². The van der Waals surface area contributed by atoms with Crippen molar-refractivity contribution in [1.29, 1.82) is 0 Å². The highest BCUT2D eigenvalue weighted by atomic mass is 16.5. The fraction of sp³-hybridized carbons (Fsp3) is 0.185. The van der Waals surface area contributed by atoms with Crippen LogP contribution in [0, 0.1) is 6.92 Å². The average molecular weight is 500 g/mol. The third-order valence-electron chi connectivity index (χ3n) is 6.07. The Bertz CT molecular complexity index is 1730. The molecule has 0 aliphatic rings. The minimum Gasteiger partial charge on any atom is -0.497 e. The zero-order valence-corrected chi connectivity index (χ0v) is 20.6. The molecule has 1 N–H and O–H groups in total. The highest BCUT2D eigenvalue weighted by Gasteiger charge is 2.19. The summed E-state index contributed by atoms with van der Waals surface area (Å²) in [6, 6.07) is 19.6. The van der Waals surface area contributed by atoms with Crippen molar-refractivity contribution >= 4 is 28.3 Å². The molecule has 1 amide bonds. The third-order valence-corrected chi connectivity index (χ3v) is 6.07. The Morgan fingerprint density at radius 3 is 2.30 bits per heavy atom. The van der Waals surface area contributed by atoms with Crippen molar-refractivity contribution in [1.82, 2.24) is 18.7 Å². The summed E-state index contributed by atoms with van der Waals surface area (Å²) in [5, 5.41) is 7.53. The lowest BCUT2D eigenvalue weighted by Gasteiger charge is -2.10. The van der Waals surface area contributed by atoms with Crippen LogP contribution in [0.1, 0.15) is 11.1 Å². The molecule has 10 heteroatoms. The van der Waals surface area contributed by atoms with Crippen LogP contribution >= 0.6 is 0 Å². The molecule has 0 atom stereocenters. The SMILES string of the molecule is COc1cc(NC(=O)Cn2nc3n(Cc4ccc(C)cc4)c(=O)c4ccccc4n3c2=O)cc(OC)c1. The lowest BCUT2D eigenvalue weighted by Crippen LogP contribution is -2.29. The number of methoxy groups -OCH3 is 2. The number of fused-ring (bicyclic) bond motifs is 3. The molecule has 3 aromatic carbocycles. The molecular formula is C27H25N5O5. The molecule has 0 aliphatic heterocycles. The molecule has 2 aromatic heterocycles. The van der Waals surface area contributed by atoms with Crippen molar-refractivity contribution in [3.8, 4) is 11.5 Å². The maximum absolute atomic E-state index is 13.4. The van der Waals surface area contributed by atoms with Crippen molar-refractivity contribution in [2.75, 3.05) is 19.5 Å². The number of anilines is 1. The molecule has 5 aromatic rings. The third kappa shape index (κ3) is 4.56. The van der Waals surface area contributed by atoms with Gasteiger partial charge >= 0.3 is 5.69 Å². The van der Waals surface area contributed by atoms with E-state index in [1.807, 2.05) is 31.2 Å². The van der Waals surface area contributed by atoms with Gasteiger partial charge in [-0.1, -0.05) is 42.0 Å². The molecule has 188 valence electrons. The smallest absolute Gasteiger partial charge is 0.352 e. The van der Waals surface area contributed by atoms with E-state index in [1.165, 1.54) is 23.2 Å². The molecule has 5 rings (SSSR count). The normalized spacial score (nSPS) is 11.1. The number of benzene rings is 3. The number of aromatic nitrogens is 4. The van der Waals surface area contributed by atoms with Gasteiger partial charge in [0.25, 0.3) is 5.56 Å². The number of carbonyl (C=O) groups excluding carboxylic acids is 1. The highest BCUT2D eigenvalue weighted by molar-refractivity contribution is 5.91. The molecule has 0 saturated carbocycles. The number of nitrogens with one attached hydrogen (secondary N) is 1. The van der Waals surface area contributed by atoms with Crippen molar-refractivity contribution < 1.29 is 14.3 Å². The standard InChI is InChI=1S/C27H25N5O5/c1-17-8-10-18(11-9-17)15-30-25(34)22-6-4-5-7-23(22)32-26(30)29-31(27(32)35)16-24(33)28-19-12-20(36-2)14-21(13-19)37-3/h4-14H,15-16H2,1-3H3,(H,28,33). The first-order valence-corrected chi connectivity index (χ1v) is 11.6. The van der Waals surface area contributed by atoms with Crippen LogP contribution in [-0.2, 0) is 17.9 Å². The van der Waals surface area contributed by atoms with E-state index < -0.39 is 11.6 Å². The number of para-hydroxylation sites is 1. The van der Waals surface area contributed by atoms with Crippen LogP contribution in [0.15, 0.2) is 76.3 Å². The second kappa shape index (κ2) is 9.65. The number of hydrogen-bond donors (Lipinski definition) is 1. The van der Waals surface area contributed by atoms with Crippen molar-refractivity contribution in [2.45, 2.75) is 20.0 Å². The molecule has 37 heavy (non-hydrogen) atoms. The molecule has 0 spiro atoms. The van der Waals surface area contributed by atoms with Gasteiger partial charge in [0, 0.05) is 23.9 Å². The van der Waals surface area contributed by atoms with E-state index in [9.17, 15) is 14.4 Å². The van der Waals surface area contributed by atoms with Gasteiger partial charge in [-0.3, -0.25) is 14.2 Å². The van der Waals surface area contributed by atoms with E-state index in [-0.39, 0.29) is 24.4 Å². The fourth-order valence-corrected chi connectivity index (χ4v) is 4.21. The Kier molecular flexibility index (Phi) is 6.22. The molecule has 0 aliphatic carbocycles. The van der Waals surface area contributed by atoms with E-state index in [0.717, 1.165) is 15.8 Å². The maximum Gasteiger partial charge on any atom is 0.352 e. The lowest BCUT2D eigenvalue weighted by molar-refractivity contribution is -0.117. The van der Waals surface area contributed by atoms with E-state index in [1.54, 1.807) is 42.5 Å². The zero-order chi connectivity index (χ0) is 26.1. The Balaban J connectivity index is 1.56. The number of hydrogen-bond acceptors (Lipinski definition) is 6. The second-order valence-corrected chi connectivity index (χ2v) is 8.62. The first-order chi connectivity index (χ1) is 17.9. The summed E-state index contributed by atoms with van der Waals surface area (Å²) in [4.78, 5) is 39.7. The van der Waals surface area contributed by atoms with Gasteiger partial charge < -0.3 is 14.8 Å². The van der Waals surface area contributed by atoms with E-state index in [0.29, 0.717) is 28.1 Å². The van der Waals surface area contributed by atoms with Crippen molar-refractivity contribution in [3.63, 3.8) is 0 Å². The second-order valence-electron chi connectivity index (χ2n) is 8.62. The van der Waals surface area contributed by atoms with E-state index in [4.69, 9.17) is 9.47 Å². The van der Waals surface area contributed by atoms with Crippen LogP contribution in [0.25, 0.3) is 16.7 Å². The Morgan fingerprint density at radius 2 is 1.62 bits per heavy atom. The van der Waals surface area contributed by atoms with Gasteiger partial charge in [0.05, 0.1) is 31.7 Å². The van der Waals surface area contributed by atoms with Gasteiger partial charge in [0.1, 0.15) is 18.0 Å². The molecule has 0 unspecified atom stereocenters. The summed E-state index contributed by atoms with van der Waals surface area (Å²) in [5.74, 6) is 0.694. The fourth-order valence-electron chi connectivity index (χ4n) is 4.21. The average Bonchev–Trinajstić information content (AvgIpc) is 3.22. The predicted molar refractivity (Wildman–Crippen MR) is 140 cm³/mol. The zero-order valence-electron chi connectivity index (χ0n) is 20.6. The lowest BCUT2D eigenvalue weighted by atomic mass is 10.1. The monoisotopic (exact) mass is 499 g/mol. The first-order valence-electron chi connectivity index (χ1n) is 11.6. The summed E-state index contributed by atoms with van der Waals surface area (Å²) < 4.78 is 14.4. The van der Waals surface area contributed by atoms with Crippen LogP contribution in [0.4, 0.5) is 5.69 Å². The highest BCUT2D eigenvalue weighted by Crippen LogP contribution is 2.25. The summed E-state index contributed by atoms with van der Waals surface area (Å²) in [7, 11) is 3.02. The molecule has 10 nitrogen and oxygen atoms in total. The van der Waals surface area contributed by atoms with E-state index >= 15 is 0 Å². The Labute approximate surface area is 211 Å². The minimum absolute atomic E-state index is 0.158. The molecule has 0 bridgehead atoms. The number of amides is 1. The van der Waals surface area contributed by atoms with Gasteiger partial charge in [0.15, 0.2) is 0 Å². The number of carbonyl (C=O) groups is 1. The van der Waals surface area contributed by atoms with Crippen LogP contribution in [0.5, 0.6) is 11.5 Å². The summed E-state index contributed by atoms with van der Waals surface area (Å²) in [5.41, 5.74) is 2.06. The Hall–Kier alpha value is -4.86. The number of rotatable bonds is 7. The largest absolute Gasteiger partial charge is 0.497 e. The van der Waals surface area contributed by atoms with Gasteiger partial charge in [-0.2, -0.15) is 0 Å². The summed E-state index contributed by atoms with van der Waals surface area (Å²) >= 11 is 0. The van der Waals surface area contributed by atoms with Gasteiger partial charge in [-0.25, -0.2) is 13.9 Å². The minimum atomic E-state index is -0.526. The van der Waals surface area contributed by atoms with Crippen molar-refractivity contribution in [3.05, 3.63) is 98.7 Å². The predicted octanol–water partition coefficient (Wildman–Crippen LogP) is 2.82. The van der Waals surface area contributed by atoms with Gasteiger partial charge in [-0.15, -0.1) is 5.10 Å². The number of nitrogens with zero attached hydrogens (tertiary/aromatic N) is 4. The molecular weight excluding hydrogens is 474 g/mol. The van der Waals surface area contributed by atoms with E-state index in [2.05, 4.69) is 10.4 Å². The molecule has 0 fully saturated rings.